The predicted molar refractivity (Wildman–Crippen MR) is 192 cm³/mol. The van der Waals surface area contributed by atoms with Crippen LogP contribution in [0.25, 0.3) is 0 Å². The average Bonchev–Trinajstić information content (AvgIpc) is 2.91. The van der Waals surface area contributed by atoms with Crippen molar-refractivity contribution in [3.63, 3.8) is 0 Å². The van der Waals surface area contributed by atoms with Gasteiger partial charge in [0.05, 0.1) is 5.60 Å². The lowest BCUT2D eigenvalue weighted by atomic mass is 10.0. The van der Waals surface area contributed by atoms with Crippen LogP contribution in [0.4, 0.5) is 0 Å². The Balaban J connectivity index is 4.33. The van der Waals surface area contributed by atoms with Crippen molar-refractivity contribution < 1.29 is 4.74 Å². The summed E-state index contributed by atoms with van der Waals surface area (Å²) in [7, 11) is 1.77. The van der Waals surface area contributed by atoms with Gasteiger partial charge in [-0.2, -0.15) is 0 Å². The number of hydrogen-bond acceptors (Lipinski definition) is 1. The van der Waals surface area contributed by atoms with E-state index in [2.05, 4.69) is 136 Å². The molecule has 0 unspecified atom stereocenters. The standard InChI is InChI=1S/C41H66O/c1-34(2)20-14-23-37(5)26-17-29-38(6)27-15-24-35(3)21-12-13-22-36(4)25-16-28-39(7)30-18-31-40(8)32-19-33-41(9,10)42-11/h12-13,19-22,26-28,31-32H,14-18,23-25,29-30,33H2,1-11H3/b13-12+,32-19+,35-21+,36-22+,37-26+,38-27+,39-28+,40-31+. The van der Waals surface area contributed by atoms with Crippen LogP contribution < -0.4 is 0 Å². The van der Waals surface area contributed by atoms with E-state index in [0.29, 0.717) is 0 Å². The van der Waals surface area contributed by atoms with Crippen molar-refractivity contribution in [2.24, 2.45) is 0 Å². The van der Waals surface area contributed by atoms with Crippen LogP contribution in [-0.4, -0.2) is 12.7 Å². The first-order valence-electron chi connectivity index (χ1n) is 16.3. The summed E-state index contributed by atoms with van der Waals surface area (Å²) in [6, 6.07) is 0. The SMILES string of the molecule is COC(C)(C)C/C=C/C(C)=C/CC/C(C)=C/CC/C(C)=C/C=C/C=C(\C)CC/C=C(\C)CC/C=C(\C)CCC=C(C)C. The molecule has 0 aromatic rings. The molecule has 0 saturated heterocycles. The molecule has 0 spiro atoms. The zero-order valence-corrected chi connectivity index (χ0v) is 29.5. The van der Waals surface area contributed by atoms with Gasteiger partial charge in [0, 0.05) is 7.11 Å². The minimum atomic E-state index is -0.0898. The Bertz CT molecular complexity index is 1020. The van der Waals surface area contributed by atoms with Gasteiger partial charge in [-0.3, -0.25) is 0 Å². The summed E-state index contributed by atoms with van der Waals surface area (Å²) in [5.41, 5.74) is 10.0. The van der Waals surface area contributed by atoms with Crippen molar-refractivity contribution in [2.75, 3.05) is 7.11 Å². The van der Waals surface area contributed by atoms with E-state index in [0.717, 1.165) is 51.4 Å². The van der Waals surface area contributed by atoms with E-state index in [1.54, 1.807) is 7.11 Å². The van der Waals surface area contributed by atoms with Gasteiger partial charge in [-0.1, -0.05) is 106 Å². The van der Waals surface area contributed by atoms with Crippen LogP contribution in [0.5, 0.6) is 0 Å². The van der Waals surface area contributed by atoms with Crippen LogP contribution in [-0.2, 0) is 4.74 Å². The van der Waals surface area contributed by atoms with Crippen LogP contribution >= 0.6 is 0 Å². The number of rotatable bonds is 21. The molecule has 0 amide bonds. The minimum Gasteiger partial charge on any atom is -0.378 e. The Labute approximate surface area is 262 Å². The Morgan fingerprint density at radius 3 is 1.31 bits per heavy atom. The molecule has 0 radical (unpaired) electrons. The molecule has 0 fully saturated rings. The van der Waals surface area contributed by atoms with Gasteiger partial charge in [0.15, 0.2) is 0 Å². The van der Waals surface area contributed by atoms with Gasteiger partial charge in [0.1, 0.15) is 0 Å². The zero-order chi connectivity index (χ0) is 31.8. The lowest BCUT2D eigenvalue weighted by molar-refractivity contribution is 0.0255. The fraction of sp³-hybridized carbons (Fsp3) is 0.561. The van der Waals surface area contributed by atoms with E-state index >= 15 is 0 Å². The van der Waals surface area contributed by atoms with E-state index in [1.807, 2.05) is 0 Å². The largest absolute Gasteiger partial charge is 0.378 e. The fourth-order valence-electron chi connectivity index (χ4n) is 4.35. The topological polar surface area (TPSA) is 9.23 Å². The van der Waals surface area contributed by atoms with Crippen LogP contribution in [0.2, 0.25) is 0 Å². The molecule has 0 heterocycles. The highest BCUT2D eigenvalue weighted by Gasteiger charge is 2.12. The molecule has 236 valence electrons. The van der Waals surface area contributed by atoms with Gasteiger partial charge in [0.2, 0.25) is 0 Å². The molecule has 0 rings (SSSR count). The summed E-state index contributed by atoms with van der Waals surface area (Å²) in [6.07, 6.45) is 37.6. The quantitative estimate of drug-likeness (QED) is 0.0978. The summed E-state index contributed by atoms with van der Waals surface area (Å²) in [4.78, 5) is 0. The van der Waals surface area contributed by atoms with Gasteiger partial charge >= 0.3 is 0 Å². The lowest BCUT2D eigenvalue weighted by Gasteiger charge is -2.20. The number of hydrogen-bond donors (Lipinski definition) is 0. The Hall–Kier alpha value is -2.38. The minimum absolute atomic E-state index is 0.0898. The molecular formula is C41H66O. The average molecular weight is 575 g/mol. The van der Waals surface area contributed by atoms with Gasteiger partial charge in [-0.25, -0.2) is 0 Å². The zero-order valence-electron chi connectivity index (χ0n) is 29.5. The monoisotopic (exact) mass is 575 g/mol. The van der Waals surface area contributed by atoms with Crippen molar-refractivity contribution in [3.8, 4) is 0 Å². The molecule has 0 N–H and O–H groups in total. The smallest absolute Gasteiger partial charge is 0.0657 e. The Morgan fingerprint density at radius 2 is 0.905 bits per heavy atom. The van der Waals surface area contributed by atoms with Crippen molar-refractivity contribution in [2.45, 2.75) is 145 Å². The third-order valence-electron chi connectivity index (χ3n) is 7.61. The molecule has 0 aromatic heterocycles. The van der Waals surface area contributed by atoms with Crippen molar-refractivity contribution in [1.29, 1.82) is 0 Å². The summed E-state index contributed by atoms with van der Waals surface area (Å²) >= 11 is 0. The molecule has 1 nitrogen and oxygen atoms in total. The van der Waals surface area contributed by atoms with Crippen LogP contribution in [0.3, 0.4) is 0 Å². The van der Waals surface area contributed by atoms with E-state index in [1.165, 1.54) is 58.3 Å². The second-order valence-corrected chi connectivity index (χ2v) is 13.1. The number of allylic oxidation sites excluding steroid dienone is 17. The van der Waals surface area contributed by atoms with E-state index in [4.69, 9.17) is 4.74 Å². The molecule has 0 aliphatic heterocycles. The number of ether oxygens (including phenoxy) is 1. The van der Waals surface area contributed by atoms with Crippen LogP contribution in [0, 0.1) is 0 Å². The van der Waals surface area contributed by atoms with Crippen molar-refractivity contribution in [1.82, 2.24) is 0 Å². The first kappa shape index (κ1) is 39.6. The molecule has 42 heavy (non-hydrogen) atoms. The Morgan fingerprint density at radius 1 is 0.524 bits per heavy atom. The van der Waals surface area contributed by atoms with Gasteiger partial charge in [-0.15, -0.1) is 0 Å². The summed E-state index contributed by atoms with van der Waals surface area (Å²) in [5, 5.41) is 0. The van der Waals surface area contributed by atoms with Crippen molar-refractivity contribution in [3.05, 3.63) is 106 Å². The van der Waals surface area contributed by atoms with Gasteiger partial charge < -0.3 is 4.74 Å². The highest BCUT2D eigenvalue weighted by atomic mass is 16.5. The van der Waals surface area contributed by atoms with Crippen LogP contribution in [0.15, 0.2) is 106 Å². The molecule has 0 saturated carbocycles. The fourth-order valence-corrected chi connectivity index (χ4v) is 4.35. The van der Waals surface area contributed by atoms with Gasteiger partial charge in [-0.05, 0) is 140 Å². The molecular weight excluding hydrogens is 508 g/mol. The van der Waals surface area contributed by atoms with E-state index < -0.39 is 0 Å². The summed E-state index contributed by atoms with van der Waals surface area (Å²) < 4.78 is 5.47. The molecule has 0 aliphatic carbocycles. The molecule has 0 atom stereocenters. The van der Waals surface area contributed by atoms with Gasteiger partial charge in [0.25, 0.3) is 0 Å². The van der Waals surface area contributed by atoms with E-state index in [-0.39, 0.29) is 5.60 Å². The third-order valence-corrected chi connectivity index (χ3v) is 7.61. The molecule has 1 heteroatoms. The highest BCUT2D eigenvalue weighted by Crippen LogP contribution is 2.16. The summed E-state index contributed by atoms with van der Waals surface area (Å²) in [5.74, 6) is 0. The summed E-state index contributed by atoms with van der Waals surface area (Å²) in [6.45, 7) is 22.1. The second kappa shape index (κ2) is 24.1. The molecule has 0 aliphatic rings. The first-order valence-corrected chi connectivity index (χ1v) is 16.3. The third kappa shape index (κ3) is 25.3. The predicted octanol–water partition coefficient (Wildman–Crippen LogP) is 13.5. The maximum absolute atomic E-state index is 5.47. The molecule has 0 aromatic carbocycles. The normalized spacial score (nSPS) is 14.9. The molecule has 0 bridgehead atoms. The lowest BCUT2D eigenvalue weighted by Crippen LogP contribution is -2.20. The van der Waals surface area contributed by atoms with Crippen LogP contribution in [0.1, 0.15) is 140 Å². The second-order valence-electron chi connectivity index (χ2n) is 13.1. The van der Waals surface area contributed by atoms with E-state index in [9.17, 15) is 0 Å². The number of methoxy groups -OCH3 is 1. The maximum atomic E-state index is 5.47. The van der Waals surface area contributed by atoms with Crippen molar-refractivity contribution >= 4 is 0 Å². The highest BCUT2D eigenvalue weighted by molar-refractivity contribution is 5.19. The first-order chi connectivity index (χ1) is 19.8. The Kier molecular flexibility index (Phi) is 22.7. The maximum Gasteiger partial charge on any atom is 0.0657 e.